The maximum atomic E-state index is 12.6. The van der Waals surface area contributed by atoms with Crippen LogP contribution >= 0.6 is 0 Å². The molecule has 0 aliphatic rings. The molecule has 0 aromatic heterocycles. The Morgan fingerprint density at radius 3 is 2.57 bits per heavy atom. The molecule has 0 saturated heterocycles. The van der Waals surface area contributed by atoms with Gasteiger partial charge in [0.2, 0.25) is 0 Å². The third kappa shape index (κ3) is 4.84. The minimum Gasteiger partial charge on any atom is -0.496 e. The number of carbonyl (C=O) groups excluding carboxylic acids is 1. The average molecular weight is 304 g/mol. The van der Waals surface area contributed by atoms with Crippen molar-refractivity contribution in [1.29, 1.82) is 0 Å². The number of anilines is 1. The molecule has 0 atom stereocenters. The standard InChI is InChI=1S/C14H19F3N2O2/c1-3-4-8-19(9-14(15,16)17)13(20)12-10(18)6-5-7-11(12)21-2/h5-7H,3-4,8-9,18H2,1-2H3. The molecule has 1 aromatic rings. The number of hydrogen-bond donors (Lipinski definition) is 1. The number of halogens is 3. The van der Waals surface area contributed by atoms with Gasteiger partial charge in [0.05, 0.1) is 7.11 Å². The fourth-order valence-electron chi connectivity index (χ4n) is 1.92. The second-order valence-electron chi connectivity index (χ2n) is 4.62. The number of rotatable bonds is 6. The highest BCUT2D eigenvalue weighted by atomic mass is 19.4. The summed E-state index contributed by atoms with van der Waals surface area (Å²) in [4.78, 5) is 13.2. The molecule has 0 heterocycles. The van der Waals surface area contributed by atoms with Crippen LogP contribution in [0.5, 0.6) is 5.75 Å². The molecule has 0 aliphatic carbocycles. The van der Waals surface area contributed by atoms with Crippen LogP contribution in [0.3, 0.4) is 0 Å². The molecule has 21 heavy (non-hydrogen) atoms. The molecule has 1 aromatic carbocycles. The summed E-state index contributed by atoms with van der Waals surface area (Å²) < 4.78 is 42.9. The molecule has 0 aliphatic heterocycles. The van der Waals surface area contributed by atoms with E-state index in [1.54, 1.807) is 6.07 Å². The highest BCUT2D eigenvalue weighted by Gasteiger charge is 2.34. The van der Waals surface area contributed by atoms with E-state index in [0.29, 0.717) is 12.8 Å². The molecule has 0 fully saturated rings. The lowest BCUT2D eigenvalue weighted by Gasteiger charge is -2.25. The number of amides is 1. The van der Waals surface area contributed by atoms with Gasteiger partial charge in [0.1, 0.15) is 17.9 Å². The Balaban J connectivity index is 3.10. The number of benzene rings is 1. The summed E-state index contributed by atoms with van der Waals surface area (Å²) in [6.07, 6.45) is -3.29. The summed E-state index contributed by atoms with van der Waals surface area (Å²) in [6.45, 7) is 0.559. The number of nitrogens with two attached hydrogens (primary N) is 1. The first-order valence-electron chi connectivity index (χ1n) is 6.58. The van der Waals surface area contributed by atoms with E-state index in [2.05, 4.69) is 0 Å². The van der Waals surface area contributed by atoms with Crippen molar-refractivity contribution >= 4 is 11.6 Å². The Morgan fingerprint density at radius 1 is 1.38 bits per heavy atom. The predicted molar refractivity (Wildman–Crippen MR) is 74.3 cm³/mol. The number of alkyl halides is 3. The van der Waals surface area contributed by atoms with E-state index in [-0.39, 0.29) is 23.5 Å². The van der Waals surface area contributed by atoms with E-state index in [9.17, 15) is 18.0 Å². The number of carbonyl (C=O) groups is 1. The first-order chi connectivity index (χ1) is 9.80. The molecule has 1 rings (SSSR count). The molecule has 118 valence electrons. The third-order valence-corrected chi connectivity index (χ3v) is 2.93. The van der Waals surface area contributed by atoms with Crippen molar-refractivity contribution < 1.29 is 22.7 Å². The lowest BCUT2D eigenvalue weighted by Crippen LogP contribution is -2.40. The van der Waals surface area contributed by atoms with Gasteiger partial charge in [-0.15, -0.1) is 0 Å². The molecule has 2 N–H and O–H groups in total. The normalized spacial score (nSPS) is 11.3. The molecule has 0 spiro atoms. The van der Waals surface area contributed by atoms with Crippen molar-refractivity contribution in [3.05, 3.63) is 23.8 Å². The average Bonchev–Trinajstić information content (AvgIpc) is 2.41. The minimum atomic E-state index is -4.46. The lowest BCUT2D eigenvalue weighted by atomic mass is 10.1. The van der Waals surface area contributed by atoms with E-state index in [4.69, 9.17) is 10.5 Å². The summed E-state index contributed by atoms with van der Waals surface area (Å²) in [6, 6.07) is 4.53. The van der Waals surface area contributed by atoms with Gasteiger partial charge in [-0.1, -0.05) is 19.4 Å². The molecule has 0 unspecified atom stereocenters. The Kier molecular flexibility index (Phi) is 5.87. The van der Waals surface area contributed by atoms with Crippen molar-refractivity contribution in [2.75, 3.05) is 25.9 Å². The number of unbranched alkanes of at least 4 members (excludes halogenated alkanes) is 1. The van der Waals surface area contributed by atoms with Crippen molar-refractivity contribution in [3.63, 3.8) is 0 Å². The summed E-state index contributed by atoms with van der Waals surface area (Å²) in [5, 5.41) is 0. The second-order valence-corrected chi connectivity index (χ2v) is 4.62. The van der Waals surface area contributed by atoms with Crippen LogP contribution < -0.4 is 10.5 Å². The Hall–Kier alpha value is -1.92. The van der Waals surface area contributed by atoms with Crippen LogP contribution in [0.25, 0.3) is 0 Å². The summed E-state index contributed by atoms with van der Waals surface area (Å²) in [5.74, 6) is -0.598. The van der Waals surface area contributed by atoms with Crippen LogP contribution in [-0.2, 0) is 0 Å². The van der Waals surface area contributed by atoms with Gasteiger partial charge in [0, 0.05) is 12.2 Å². The fraction of sp³-hybridized carbons (Fsp3) is 0.500. The van der Waals surface area contributed by atoms with Gasteiger partial charge < -0.3 is 15.4 Å². The maximum absolute atomic E-state index is 12.6. The quantitative estimate of drug-likeness (QED) is 0.822. The second kappa shape index (κ2) is 7.19. The molecule has 1 amide bonds. The van der Waals surface area contributed by atoms with Gasteiger partial charge in [-0.05, 0) is 18.6 Å². The van der Waals surface area contributed by atoms with Crippen LogP contribution in [0.15, 0.2) is 18.2 Å². The zero-order valence-electron chi connectivity index (χ0n) is 12.0. The zero-order chi connectivity index (χ0) is 16.0. The number of nitrogen functional groups attached to an aromatic ring is 1. The predicted octanol–water partition coefficient (Wildman–Crippen LogP) is 3.08. The smallest absolute Gasteiger partial charge is 0.406 e. The monoisotopic (exact) mass is 304 g/mol. The van der Waals surface area contributed by atoms with Crippen LogP contribution in [-0.4, -0.2) is 37.2 Å². The molecular formula is C14H19F3N2O2. The first-order valence-corrected chi connectivity index (χ1v) is 6.58. The van der Waals surface area contributed by atoms with Crippen LogP contribution in [0, 0.1) is 0 Å². The van der Waals surface area contributed by atoms with Gasteiger partial charge in [-0.25, -0.2) is 0 Å². The Labute approximate surface area is 121 Å². The number of hydrogen-bond acceptors (Lipinski definition) is 3. The summed E-state index contributed by atoms with van der Waals surface area (Å²) >= 11 is 0. The largest absolute Gasteiger partial charge is 0.496 e. The van der Waals surface area contributed by atoms with Gasteiger partial charge in [0.25, 0.3) is 5.91 Å². The van der Waals surface area contributed by atoms with E-state index >= 15 is 0 Å². The van der Waals surface area contributed by atoms with E-state index in [1.807, 2.05) is 6.92 Å². The number of nitrogens with zero attached hydrogens (tertiary/aromatic N) is 1. The number of ether oxygens (including phenoxy) is 1. The van der Waals surface area contributed by atoms with E-state index in [0.717, 1.165) is 4.90 Å². The van der Waals surface area contributed by atoms with Gasteiger partial charge >= 0.3 is 6.18 Å². The maximum Gasteiger partial charge on any atom is 0.406 e. The molecule has 7 heteroatoms. The minimum absolute atomic E-state index is 0.0202. The van der Waals surface area contributed by atoms with Crippen LogP contribution in [0.1, 0.15) is 30.1 Å². The molecule has 0 saturated carbocycles. The molecule has 0 radical (unpaired) electrons. The fourth-order valence-corrected chi connectivity index (χ4v) is 1.92. The van der Waals surface area contributed by atoms with E-state index in [1.165, 1.54) is 19.2 Å². The third-order valence-electron chi connectivity index (χ3n) is 2.93. The van der Waals surface area contributed by atoms with Gasteiger partial charge in [0.15, 0.2) is 0 Å². The zero-order valence-corrected chi connectivity index (χ0v) is 12.0. The van der Waals surface area contributed by atoms with Crippen molar-refractivity contribution in [3.8, 4) is 5.75 Å². The van der Waals surface area contributed by atoms with Crippen molar-refractivity contribution in [2.24, 2.45) is 0 Å². The van der Waals surface area contributed by atoms with Crippen molar-refractivity contribution in [1.82, 2.24) is 4.90 Å². The Bertz CT molecular complexity index is 490. The molecule has 4 nitrogen and oxygen atoms in total. The highest BCUT2D eigenvalue weighted by molar-refractivity contribution is 6.01. The summed E-state index contributed by atoms with van der Waals surface area (Å²) in [5.41, 5.74) is 5.79. The molecule has 0 bridgehead atoms. The van der Waals surface area contributed by atoms with Crippen molar-refractivity contribution in [2.45, 2.75) is 25.9 Å². The van der Waals surface area contributed by atoms with E-state index < -0.39 is 18.6 Å². The lowest BCUT2D eigenvalue weighted by molar-refractivity contribution is -0.140. The topological polar surface area (TPSA) is 55.6 Å². The van der Waals surface area contributed by atoms with Crippen LogP contribution in [0.2, 0.25) is 0 Å². The van der Waals surface area contributed by atoms with Gasteiger partial charge in [-0.2, -0.15) is 13.2 Å². The SMILES string of the molecule is CCCCN(CC(F)(F)F)C(=O)c1c(N)cccc1OC. The van der Waals surface area contributed by atoms with Crippen LogP contribution in [0.4, 0.5) is 18.9 Å². The Morgan fingerprint density at radius 2 is 2.05 bits per heavy atom. The highest BCUT2D eigenvalue weighted by Crippen LogP contribution is 2.27. The summed E-state index contributed by atoms with van der Waals surface area (Å²) in [7, 11) is 1.34. The number of methoxy groups -OCH3 is 1. The van der Waals surface area contributed by atoms with Gasteiger partial charge in [-0.3, -0.25) is 4.79 Å². The molecular weight excluding hydrogens is 285 g/mol. The first kappa shape index (κ1) is 17.1.